The first-order valence-electron chi connectivity index (χ1n) is 5.16. The van der Waals surface area contributed by atoms with E-state index in [1.165, 1.54) is 11.8 Å². The summed E-state index contributed by atoms with van der Waals surface area (Å²) in [5, 5.41) is 0. The minimum absolute atomic E-state index is 0.258. The van der Waals surface area contributed by atoms with E-state index < -0.39 is 24.4 Å². The van der Waals surface area contributed by atoms with E-state index in [-0.39, 0.29) is 11.9 Å². The van der Waals surface area contributed by atoms with Gasteiger partial charge in [-0.15, -0.1) is 0 Å². The first-order chi connectivity index (χ1) is 7.29. The number of carbonyl (C=O) groups excluding carboxylic acids is 2. The van der Waals surface area contributed by atoms with Crippen LogP contribution in [0.15, 0.2) is 0 Å². The summed E-state index contributed by atoms with van der Waals surface area (Å²) in [6, 6.07) is -1.48. The fraction of sp³-hybridized carbons (Fsp3) is 0.800. The molecule has 3 unspecified atom stereocenters. The molecule has 0 spiro atoms. The summed E-state index contributed by atoms with van der Waals surface area (Å²) in [6.45, 7) is 4.88. The van der Waals surface area contributed by atoms with Crippen molar-refractivity contribution >= 4 is 11.8 Å². The fourth-order valence-electron chi connectivity index (χ4n) is 2.03. The van der Waals surface area contributed by atoms with Crippen molar-refractivity contribution in [1.82, 2.24) is 9.80 Å². The average Bonchev–Trinajstić information content (AvgIpc) is 2.23. The molecule has 6 heteroatoms. The van der Waals surface area contributed by atoms with Crippen LogP contribution in [0.25, 0.3) is 0 Å². The Balaban J connectivity index is 3.00. The van der Waals surface area contributed by atoms with E-state index in [1.54, 1.807) is 20.9 Å². The first kappa shape index (κ1) is 12.9. The number of hydrogen-bond donors (Lipinski definition) is 0. The second-order valence-electron chi connectivity index (χ2n) is 4.15. The van der Waals surface area contributed by atoms with Crippen LogP contribution in [-0.4, -0.2) is 53.2 Å². The number of hydrogen-bond acceptors (Lipinski definition) is 2. The van der Waals surface area contributed by atoms with Crippen LogP contribution in [0.4, 0.5) is 8.78 Å². The normalized spacial score (nSPS) is 31.2. The molecular formula is C10H16F2N2O2. The van der Waals surface area contributed by atoms with Crippen LogP contribution in [0.3, 0.4) is 0 Å². The molecule has 0 aromatic carbocycles. The van der Waals surface area contributed by atoms with Crippen LogP contribution in [0.5, 0.6) is 0 Å². The van der Waals surface area contributed by atoms with Gasteiger partial charge in [0.25, 0.3) is 5.91 Å². The summed E-state index contributed by atoms with van der Waals surface area (Å²) < 4.78 is 24.8. The molecule has 4 nitrogen and oxygen atoms in total. The number of rotatable bonds is 1. The molecule has 0 N–H and O–H groups in total. The zero-order chi connectivity index (χ0) is 12.6. The van der Waals surface area contributed by atoms with Gasteiger partial charge in [-0.25, -0.2) is 0 Å². The molecule has 1 aliphatic heterocycles. The molecule has 1 aliphatic rings. The Morgan fingerprint density at radius 3 is 2.19 bits per heavy atom. The van der Waals surface area contributed by atoms with Crippen molar-refractivity contribution in [2.24, 2.45) is 0 Å². The minimum atomic E-state index is -3.06. The monoisotopic (exact) mass is 234 g/mol. The SMILES string of the molecule is CC1C(C)N(C(=O)C(F)F)C(C)C(=O)N1C. The molecule has 16 heavy (non-hydrogen) atoms. The van der Waals surface area contributed by atoms with Crippen molar-refractivity contribution in [2.75, 3.05) is 7.05 Å². The Kier molecular flexibility index (Phi) is 3.50. The van der Waals surface area contributed by atoms with Crippen molar-refractivity contribution in [3.63, 3.8) is 0 Å². The van der Waals surface area contributed by atoms with Crippen molar-refractivity contribution in [3.05, 3.63) is 0 Å². The van der Waals surface area contributed by atoms with Crippen molar-refractivity contribution < 1.29 is 18.4 Å². The number of halogens is 2. The molecule has 1 heterocycles. The fourth-order valence-corrected chi connectivity index (χ4v) is 2.03. The van der Waals surface area contributed by atoms with Crippen LogP contribution < -0.4 is 0 Å². The quantitative estimate of drug-likeness (QED) is 0.670. The zero-order valence-electron chi connectivity index (χ0n) is 9.78. The van der Waals surface area contributed by atoms with Crippen LogP contribution in [0, 0.1) is 0 Å². The van der Waals surface area contributed by atoms with Crippen LogP contribution >= 0.6 is 0 Å². The molecule has 1 rings (SSSR count). The Labute approximate surface area is 93.2 Å². The highest BCUT2D eigenvalue weighted by molar-refractivity contribution is 5.90. The van der Waals surface area contributed by atoms with Gasteiger partial charge < -0.3 is 9.80 Å². The molecule has 3 atom stereocenters. The van der Waals surface area contributed by atoms with Crippen molar-refractivity contribution in [1.29, 1.82) is 0 Å². The van der Waals surface area contributed by atoms with Gasteiger partial charge in [0.2, 0.25) is 5.91 Å². The lowest BCUT2D eigenvalue weighted by Crippen LogP contribution is -2.65. The van der Waals surface area contributed by atoms with Crippen LogP contribution in [0.2, 0.25) is 0 Å². The van der Waals surface area contributed by atoms with Gasteiger partial charge in [0.05, 0.1) is 6.04 Å². The number of alkyl halides is 2. The summed E-state index contributed by atoms with van der Waals surface area (Å²) in [6.07, 6.45) is -3.06. The maximum absolute atomic E-state index is 12.4. The van der Waals surface area contributed by atoms with E-state index in [4.69, 9.17) is 0 Å². The van der Waals surface area contributed by atoms with E-state index in [1.807, 2.05) is 0 Å². The number of nitrogens with zero attached hydrogens (tertiary/aromatic N) is 2. The van der Waals surface area contributed by atoms with Crippen LogP contribution in [0.1, 0.15) is 20.8 Å². The summed E-state index contributed by atoms with van der Waals surface area (Å²) in [5.41, 5.74) is 0. The van der Waals surface area contributed by atoms with Gasteiger partial charge in [0.1, 0.15) is 6.04 Å². The summed E-state index contributed by atoms with van der Waals surface area (Å²) >= 11 is 0. The maximum atomic E-state index is 12.4. The van der Waals surface area contributed by atoms with E-state index >= 15 is 0 Å². The number of likely N-dealkylation sites (N-methyl/N-ethyl adjacent to an activating group) is 1. The van der Waals surface area contributed by atoms with Crippen molar-refractivity contribution in [2.45, 2.75) is 45.3 Å². The number of piperazine rings is 1. The average molecular weight is 234 g/mol. The Hall–Kier alpha value is -1.20. The van der Waals surface area contributed by atoms with E-state index in [9.17, 15) is 18.4 Å². The highest BCUT2D eigenvalue weighted by Gasteiger charge is 2.43. The van der Waals surface area contributed by atoms with E-state index in [0.29, 0.717) is 0 Å². The van der Waals surface area contributed by atoms with Gasteiger partial charge in [-0.05, 0) is 20.8 Å². The molecule has 0 saturated carbocycles. The summed E-state index contributed by atoms with van der Waals surface area (Å²) in [5.74, 6) is -1.58. The smallest absolute Gasteiger partial charge is 0.315 e. The van der Waals surface area contributed by atoms with Gasteiger partial charge >= 0.3 is 6.43 Å². The molecule has 92 valence electrons. The highest BCUT2D eigenvalue weighted by Crippen LogP contribution is 2.22. The van der Waals surface area contributed by atoms with Gasteiger partial charge in [-0.3, -0.25) is 9.59 Å². The standard InChI is InChI=1S/C10H16F2N2O2/c1-5-6(2)14(10(16)8(11)12)7(3)9(15)13(5)4/h5-8H,1-4H3. The highest BCUT2D eigenvalue weighted by atomic mass is 19.3. The lowest BCUT2D eigenvalue weighted by atomic mass is 10.0. The maximum Gasteiger partial charge on any atom is 0.315 e. The summed E-state index contributed by atoms with van der Waals surface area (Å²) in [7, 11) is 1.62. The molecule has 0 bridgehead atoms. The number of carbonyl (C=O) groups is 2. The third-order valence-electron chi connectivity index (χ3n) is 3.31. The van der Waals surface area contributed by atoms with Gasteiger partial charge in [-0.1, -0.05) is 0 Å². The zero-order valence-corrected chi connectivity index (χ0v) is 9.78. The Morgan fingerprint density at radius 2 is 1.75 bits per heavy atom. The van der Waals surface area contributed by atoms with Gasteiger partial charge in [-0.2, -0.15) is 8.78 Å². The van der Waals surface area contributed by atoms with E-state index in [2.05, 4.69) is 0 Å². The Morgan fingerprint density at radius 1 is 1.25 bits per heavy atom. The molecule has 1 saturated heterocycles. The predicted octanol–water partition coefficient (Wildman–Crippen LogP) is 0.718. The topological polar surface area (TPSA) is 40.6 Å². The number of amides is 2. The van der Waals surface area contributed by atoms with E-state index in [0.717, 1.165) is 4.90 Å². The molecule has 0 aromatic heterocycles. The molecule has 0 radical (unpaired) electrons. The largest absolute Gasteiger partial charge is 0.339 e. The third kappa shape index (κ3) is 1.88. The first-order valence-corrected chi connectivity index (χ1v) is 5.16. The van der Waals surface area contributed by atoms with Crippen molar-refractivity contribution in [3.8, 4) is 0 Å². The predicted molar refractivity (Wildman–Crippen MR) is 54.0 cm³/mol. The Bertz CT molecular complexity index is 309. The minimum Gasteiger partial charge on any atom is -0.339 e. The molecule has 1 fully saturated rings. The molecule has 2 amide bonds. The third-order valence-corrected chi connectivity index (χ3v) is 3.31. The van der Waals surface area contributed by atoms with Gasteiger partial charge in [0.15, 0.2) is 0 Å². The lowest BCUT2D eigenvalue weighted by Gasteiger charge is -2.46. The second-order valence-corrected chi connectivity index (χ2v) is 4.15. The molecule has 0 aromatic rings. The molecule has 0 aliphatic carbocycles. The summed E-state index contributed by atoms with van der Waals surface area (Å²) in [4.78, 5) is 25.5. The van der Waals surface area contributed by atoms with Crippen LogP contribution in [-0.2, 0) is 9.59 Å². The molecular weight excluding hydrogens is 218 g/mol. The second kappa shape index (κ2) is 4.35. The van der Waals surface area contributed by atoms with Gasteiger partial charge in [0, 0.05) is 13.1 Å². The lowest BCUT2D eigenvalue weighted by molar-refractivity contribution is -0.163.